The molecular weight excluding hydrogens is 340 g/mol. The minimum absolute atomic E-state index is 0.0502. The number of carbonyl (C=O) groups is 1. The number of carbonyl (C=O) groups excluding carboxylic acids is 1. The molecule has 6 nitrogen and oxygen atoms in total. The molecule has 1 atom stereocenters. The lowest BCUT2D eigenvalue weighted by Crippen LogP contribution is -2.38. The van der Waals surface area contributed by atoms with Crippen LogP contribution in [0.25, 0.3) is 0 Å². The van der Waals surface area contributed by atoms with E-state index < -0.39 is 0 Å². The lowest BCUT2D eigenvalue weighted by molar-refractivity contribution is -0.121. The van der Waals surface area contributed by atoms with Crippen molar-refractivity contribution in [1.82, 2.24) is 4.90 Å². The van der Waals surface area contributed by atoms with Gasteiger partial charge >= 0.3 is 0 Å². The van der Waals surface area contributed by atoms with Crippen LogP contribution in [0.5, 0.6) is 11.5 Å². The van der Waals surface area contributed by atoms with Crippen LogP contribution < -0.4 is 9.47 Å². The molecule has 2 aliphatic rings. The summed E-state index contributed by atoms with van der Waals surface area (Å²) in [5.74, 6) is 1.31. The molecule has 25 heavy (non-hydrogen) atoms. The van der Waals surface area contributed by atoms with Gasteiger partial charge in [-0.15, -0.1) is 0 Å². The predicted octanol–water partition coefficient (Wildman–Crippen LogP) is 2.30. The summed E-state index contributed by atoms with van der Waals surface area (Å²) in [7, 11) is 3.23. The van der Waals surface area contributed by atoms with E-state index in [2.05, 4.69) is 4.99 Å². The molecule has 1 aromatic rings. The summed E-state index contributed by atoms with van der Waals surface area (Å²) in [6, 6.07) is 3.77. The van der Waals surface area contributed by atoms with Crippen molar-refractivity contribution in [2.45, 2.75) is 32.3 Å². The average Bonchev–Trinajstić information content (AvgIpc) is 3.20. The Labute approximate surface area is 152 Å². The molecule has 1 fully saturated rings. The average molecular weight is 362 g/mol. The molecule has 134 valence electrons. The van der Waals surface area contributed by atoms with Gasteiger partial charge in [0.15, 0.2) is 0 Å². The number of benzene rings is 1. The van der Waals surface area contributed by atoms with E-state index in [0.717, 1.165) is 36.3 Å². The van der Waals surface area contributed by atoms with Crippen molar-refractivity contribution in [2.24, 2.45) is 4.99 Å². The molecule has 2 aliphatic heterocycles. The Morgan fingerprint density at radius 3 is 2.80 bits per heavy atom. The number of hydrogen-bond donors (Lipinski definition) is 0. The first-order chi connectivity index (χ1) is 12.0. The maximum atomic E-state index is 12.7. The lowest BCUT2D eigenvalue weighted by Gasteiger charge is -2.19. The van der Waals surface area contributed by atoms with Gasteiger partial charge in [-0.25, -0.2) is 4.99 Å². The van der Waals surface area contributed by atoms with Crippen molar-refractivity contribution in [1.29, 1.82) is 0 Å². The van der Waals surface area contributed by atoms with Crippen molar-refractivity contribution in [2.75, 3.05) is 27.4 Å². The van der Waals surface area contributed by atoms with E-state index >= 15 is 0 Å². The number of aliphatic imine (C=N–C) groups is 1. The number of methoxy groups -OCH3 is 2. The largest absolute Gasteiger partial charge is 0.496 e. The number of rotatable bonds is 6. The van der Waals surface area contributed by atoms with Crippen molar-refractivity contribution < 1.29 is 19.0 Å². The fraction of sp³-hybridized carbons (Fsp3) is 0.500. The third kappa shape index (κ3) is 3.52. The summed E-state index contributed by atoms with van der Waals surface area (Å²) in [6.45, 7) is 3.15. The van der Waals surface area contributed by atoms with E-state index in [9.17, 15) is 4.79 Å². The number of amides is 1. The number of thiocarbonyl (C=S) groups is 1. The van der Waals surface area contributed by atoms with Crippen LogP contribution in [-0.2, 0) is 16.0 Å². The van der Waals surface area contributed by atoms with Crippen molar-refractivity contribution in [3.63, 3.8) is 0 Å². The van der Waals surface area contributed by atoms with Gasteiger partial charge in [-0.1, -0.05) is 6.07 Å². The zero-order valence-electron chi connectivity index (χ0n) is 14.7. The first kappa shape index (κ1) is 17.8. The summed E-state index contributed by atoms with van der Waals surface area (Å²) < 4.78 is 16.4. The second-order valence-corrected chi connectivity index (χ2v) is 6.52. The third-order valence-corrected chi connectivity index (χ3v) is 4.90. The molecule has 0 N–H and O–H groups in total. The Kier molecular flexibility index (Phi) is 5.34. The standard InChI is InChI=1S/C18H22N2O4S/c1-11-15(22-2)7-6-12(16(11)23-3)9-14-17(21)20(18(25)19-14)10-13-5-4-8-24-13/h6-7,13H,4-5,8-10H2,1-3H3. The highest BCUT2D eigenvalue weighted by molar-refractivity contribution is 7.80. The summed E-state index contributed by atoms with van der Waals surface area (Å²) in [6.07, 6.45) is 2.40. The minimum Gasteiger partial charge on any atom is -0.496 e. The molecule has 0 radical (unpaired) electrons. The lowest BCUT2D eigenvalue weighted by atomic mass is 10.0. The molecule has 1 saturated heterocycles. The monoisotopic (exact) mass is 362 g/mol. The van der Waals surface area contributed by atoms with Crippen LogP contribution in [-0.4, -0.2) is 55.1 Å². The van der Waals surface area contributed by atoms with Crippen molar-refractivity contribution in [3.8, 4) is 11.5 Å². The Morgan fingerprint density at radius 2 is 2.16 bits per heavy atom. The Morgan fingerprint density at radius 1 is 1.36 bits per heavy atom. The Balaban J connectivity index is 1.77. The summed E-state index contributed by atoms with van der Waals surface area (Å²) in [5.41, 5.74) is 2.22. The molecule has 1 unspecified atom stereocenters. The quantitative estimate of drug-likeness (QED) is 0.727. The van der Waals surface area contributed by atoms with Crippen molar-refractivity contribution >= 4 is 28.9 Å². The first-order valence-corrected chi connectivity index (χ1v) is 8.71. The molecule has 1 amide bonds. The molecule has 2 heterocycles. The second-order valence-electron chi connectivity index (χ2n) is 6.15. The van der Waals surface area contributed by atoms with E-state index in [-0.39, 0.29) is 12.0 Å². The highest BCUT2D eigenvalue weighted by Gasteiger charge is 2.33. The number of ether oxygens (including phenoxy) is 3. The molecule has 1 aromatic carbocycles. The minimum atomic E-state index is -0.143. The predicted molar refractivity (Wildman–Crippen MR) is 98.7 cm³/mol. The summed E-state index contributed by atoms with van der Waals surface area (Å²) >= 11 is 5.28. The molecular formula is C18H22N2O4S. The zero-order valence-corrected chi connectivity index (χ0v) is 15.5. The molecule has 0 bridgehead atoms. The van der Waals surface area contributed by atoms with Gasteiger partial charge in [0.05, 0.1) is 26.9 Å². The van der Waals surface area contributed by atoms with Crippen molar-refractivity contribution in [3.05, 3.63) is 23.3 Å². The van der Waals surface area contributed by atoms with Gasteiger partial charge in [-0.05, 0) is 38.0 Å². The smallest absolute Gasteiger partial charge is 0.275 e. The maximum Gasteiger partial charge on any atom is 0.275 e. The van der Waals surface area contributed by atoms with Gasteiger partial charge in [-0.3, -0.25) is 9.69 Å². The molecule has 7 heteroatoms. The van der Waals surface area contributed by atoms with E-state index in [1.807, 2.05) is 19.1 Å². The fourth-order valence-corrected chi connectivity index (χ4v) is 3.56. The Bertz CT molecular complexity index is 726. The molecule has 0 saturated carbocycles. The van der Waals surface area contributed by atoms with E-state index in [0.29, 0.717) is 29.5 Å². The van der Waals surface area contributed by atoms with E-state index in [4.69, 9.17) is 26.4 Å². The number of nitrogens with zero attached hydrogens (tertiary/aromatic N) is 2. The van der Waals surface area contributed by atoms with Crippen LogP contribution in [0.2, 0.25) is 0 Å². The normalized spacial score (nSPS) is 20.2. The van der Waals surface area contributed by atoms with Crippen LogP contribution in [0.4, 0.5) is 0 Å². The SMILES string of the molecule is COc1ccc(CC2=NC(=S)N(CC3CCCO3)C2=O)c(OC)c1C. The zero-order chi connectivity index (χ0) is 18.0. The molecule has 0 aliphatic carbocycles. The number of hydrogen-bond acceptors (Lipinski definition) is 5. The molecule has 0 aromatic heterocycles. The maximum absolute atomic E-state index is 12.7. The van der Waals surface area contributed by atoms with E-state index in [1.165, 1.54) is 0 Å². The van der Waals surface area contributed by atoms with Gasteiger partial charge in [0, 0.05) is 24.2 Å². The van der Waals surface area contributed by atoms with Crippen LogP contribution >= 0.6 is 12.2 Å². The van der Waals surface area contributed by atoms with Gasteiger partial charge in [0.25, 0.3) is 5.91 Å². The second kappa shape index (κ2) is 7.49. The van der Waals surface area contributed by atoms with E-state index in [1.54, 1.807) is 19.1 Å². The van der Waals surface area contributed by atoms with Gasteiger partial charge in [0.1, 0.15) is 17.2 Å². The van der Waals surface area contributed by atoms with Crippen LogP contribution in [0.15, 0.2) is 17.1 Å². The molecule has 0 spiro atoms. The summed E-state index contributed by atoms with van der Waals surface area (Å²) in [4.78, 5) is 18.6. The van der Waals surface area contributed by atoms with Crippen LogP contribution in [0.1, 0.15) is 24.0 Å². The first-order valence-electron chi connectivity index (χ1n) is 8.30. The molecule has 3 rings (SSSR count). The highest BCUT2D eigenvalue weighted by Crippen LogP contribution is 2.32. The van der Waals surface area contributed by atoms with Crippen LogP contribution in [0, 0.1) is 6.92 Å². The fourth-order valence-electron chi connectivity index (χ4n) is 3.29. The van der Waals surface area contributed by atoms with Gasteiger partial charge < -0.3 is 14.2 Å². The Hall–Kier alpha value is -1.99. The van der Waals surface area contributed by atoms with Gasteiger partial charge in [0.2, 0.25) is 5.11 Å². The van der Waals surface area contributed by atoms with Crippen LogP contribution in [0.3, 0.4) is 0 Å². The highest BCUT2D eigenvalue weighted by atomic mass is 32.1. The topological polar surface area (TPSA) is 60.4 Å². The van der Waals surface area contributed by atoms with Gasteiger partial charge in [-0.2, -0.15) is 0 Å². The third-order valence-electron chi connectivity index (χ3n) is 4.58. The summed E-state index contributed by atoms with van der Waals surface area (Å²) in [5, 5.41) is 0.319.